The van der Waals surface area contributed by atoms with Crippen LogP contribution < -0.4 is 15.6 Å². The Hall–Kier alpha value is -3.50. The van der Waals surface area contributed by atoms with E-state index in [1.165, 1.54) is 30.5 Å². The molecule has 0 unspecified atom stereocenters. The van der Waals surface area contributed by atoms with Crippen LogP contribution in [-0.2, 0) is 0 Å². The number of nitro groups is 1. The molecule has 0 saturated carbocycles. The Morgan fingerprint density at radius 3 is 2.65 bits per heavy atom. The van der Waals surface area contributed by atoms with Gasteiger partial charge in [0.25, 0.3) is 5.70 Å². The lowest BCUT2D eigenvalue weighted by Gasteiger charge is -2.24. The molecule has 1 aromatic carbocycles. The second kappa shape index (κ2) is 6.10. The molecule has 0 bridgehead atoms. The molecule has 133 valence electrons. The molecular weight excluding hydrogens is 345 g/mol. The third-order valence-electron chi connectivity index (χ3n) is 3.92. The SMILES string of the molecule is Cc1ccc(N2[N]N3C(=C2O)C=C([N+](=O)[O-])c2cccc(F)c23)cn1.O. The second-order valence-corrected chi connectivity index (χ2v) is 5.50. The number of aliphatic hydroxyl groups excluding tert-OH is 1. The maximum absolute atomic E-state index is 14.4. The number of aryl methyl sites for hydroxylation is 1. The minimum Gasteiger partial charge on any atom is -0.492 e. The van der Waals surface area contributed by atoms with Crippen LogP contribution in [0, 0.1) is 22.9 Å². The van der Waals surface area contributed by atoms with E-state index >= 15 is 0 Å². The van der Waals surface area contributed by atoms with Gasteiger partial charge in [-0.15, -0.1) is 0 Å². The molecule has 1 aromatic heterocycles. The molecule has 9 nitrogen and oxygen atoms in total. The predicted octanol–water partition coefficient (Wildman–Crippen LogP) is 1.82. The van der Waals surface area contributed by atoms with E-state index in [1.807, 2.05) is 6.92 Å². The number of anilines is 2. The first-order valence-corrected chi connectivity index (χ1v) is 7.30. The number of aromatic nitrogens is 1. The smallest absolute Gasteiger partial charge is 0.281 e. The molecule has 2 aliphatic rings. The molecule has 1 radical (unpaired) electrons. The molecule has 0 fully saturated rings. The summed E-state index contributed by atoms with van der Waals surface area (Å²) in [7, 11) is 0. The zero-order chi connectivity index (χ0) is 17.7. The van der Waals surface area contributed by atoms with E-state index < -0.39 is 10.7 Å². The number of para-hydroxylation sites is 1. The first kappa shape index (κ1) is 17.3. The molecule has 0 atom stereocenters. The Kier molecular flexibility index (Phi) is 4.06. The van der Waals surface area contributed by atoms with E-state index in [9.17, 15) is 19.6 Å². The van der Waals surface area contributed by atoms with E-state index in [2.05, 4.69) is 10.5 Å². The van der Waals surface area contributed by atoms with Gasteiger partial charge in [0, 0.05) is 11.8 Å². The first-order chi connectivity index (χ1) is 12.0. The molecule has 26 heavy (non-hydrogen) atoms. The van der Waals surface area contributed by atoms with Crippen molar-refractivity contribution in [2.45, 2.75) is 6.92 Å². The van der Waals surface area contributed by atoms with E-state index in [0.717, 1.165) is 15.7 Å². The number of benzene rings is 1. The molecule has 4 rings (SSSR count). The molecule has 10 heteroatoms. The van der Waals surface area contributed by atoms with Crippen LogP contribution in [0.2, 0.25) is 0 Å². The number of pyridine rings is 1. The Balaban J connectivity index is 0.00000196. The molecule has 0 amide bonds. The van der Waals surface area contributed by atoms with Crippen LogP contribution in [0.25, 0.3) is 5.70 Å². The van der Waals surface area contributed by atoms with Crippen LogP contribution in [0.15, 0.2) is 54.2 Å². The van der Waals surface area contributed by atoms with Crippen molar-refractivity contribution in [2.75, 3.05) is 10.0 Å². The number of allylic oxidation sites excluding steroid dienone is 1. The van der Waals surface area contributed by atoms with Crippen LogP contribution in [0.3, 0.4) is 0 Å². The quantitative estimate of drug-likeness (QED) is 0.644. The van der Waals surface area contributed by atoms with Gasteiger partial charge in [-0.3, -0.25) is 15.1 Å². The summed E-state index contributed by atoms with van der Waals surface area (Å²) in [4.78, 5) is 14.9. The standard InChI is InChI=1S/C16H11FN5O3.H2O/c1-9-5-6-10(8-18-9)20-16(23)14-7-13(22(24)25)11-3-2-4-12(17)15(11)21(14)19-20;/h2-8,23H,1H3;1H2. The second-order valence-electron chi connectivity index (χ2n) is 5.50. The van der Waals surface area contributed by atoms with Crippen molar-refractivity contribution < 1.29 is 19.9 Å². The van der Waals surface area contributed by atoms with Crippen LogP contribution in [0.1, 0.15) is 11.3 Å². The Morgan fingerprint density at radius 2 is 2.00 bits per heavy atom. The fraction of sp³-hybridized carbons (Fsp3) is 0.0625. The summed E-state index contributed by atoms with van der Waals surface area (Å²) in [6.45, 7) is 1.81. The molecule has 3 N–H and O–H groups in total. The molecule has 0 spiro atoms. The minimum absolute atomic E-state index is 0. The summed E-state index contributed by atoms with van der Waals surface area (Å²) in [5.74, 6) is -1.03. The molecular formula is C16H13FN5O4. The summed E-state index contributed by atoms with van der Waals surface area (Å²) >= 11 is 0. The Morgan fingerprint density at radius 1 is 1.23 bits per heavy atom. The van der Waals surface area contributed by atoms with Gasteiger partial charge in [-0.1, -0.05) is 6.07 Å². The normalized spacial score (nSPS) is 15.2. The fourth-order valence-corrected chi connectivity index (χ4v) is 2.73. The van der Waals surface area contributed by atoms with Gasteiger partial charge in [-0.05, 0) is 36.7 Å². The summed E-state index contributed by atoms with van der Waals surface area (Å²) in [6.07, 6.45) is 2.66. The number of fused-ring (bicyclic) bond motifs is 3. The van der Waals surface area contributed by atoms with E-state index in [0.29, 0.717) is 5.69 Å². The zero-order valence-electron chi connectivity index (χ0n) is 13.4. The van der Waals surface area contributed by atoms with Crippen molar-refractivity contribution in [3.8, 4) is 0 Å². The van der Waals surface area contributed by atoms with Gasteiger partial charge in [-0.25, -0.2) is 14.4 Å². The largest absolute Gasteiger partial charge is 0.492 e. The number of halogens is 1. The lowest BCUT2D eigenvalue weighted by molar-refractivity contribution is -0.375. The number of nitrogens with zero attached hydrogens (tertiary/aromatic N) is 5. The minimum atomic E-state index is -0.678. The van der Waals surface area contributed by atoms with Gasteiger partial charge in [0.1, 0.15) is 17.2 Å². The number of rotatable bonds is 2. The Labute approximate surface area is 146 Å². The summed E-state index contributed by atoms with van der Waals surface area (Å²) < 4.78 is 14.4. The average Bonchev–Trinajstić information content (AvgIpc) is 2.91. The van der Waals surface area contributed by atoms with Gasteiger partial charge >= 0.3 is 0 Å². The van der Waals surface area contributed by atoms with Gasteiger partial charge in [0.05, 0.1) is 22.4 Å². The maximum atomic E-state index is 14.4. The van der Waals surface area contributed by atoms with Crippen molar-refractivity contribution in [1.82, 2.24) is 10.5 Å². The highest BCUT2D eigenvalue weighted by atomic mass is 19.1. The van der Waals surface area contributed by atoms with E-state index in [-0.39, 0.29) is 34.0 Å². The highest BCUT2D eigenvalue weighted by Crippen LogP contribution is 2.41. The molecule has 2 aliphatic heterocycles. The molecule has 2 aromatic rings. The van der Waals surface area contributed by atoms with Crippen LogP contribution >= 0.6 is 0 Å². The number of hydrogen-bond acceptors (Lipinski definition) is 6. The lowest BCUT2D eigenvalue weighted by atomic mass is 10.0. The highest BCUT2D eigenvalue weighted by Gasteiger charge is 2.41. The first-order valence-electron chi connectivity index (χ1n) is 7.30. The fourth-order valence-electron chi connectivity index (χ4n) is 2.73. The number of aliphatic hydroxyl groups is 1. The third-order valence-corrected chi connectivity index (χ3v) is 3.92. The van der Waals surface area contributed by atoms with E-state index in [4.69, 9.17) is 0 Å². The van der Waals surface area contributed by atoms with Crippen molar-refractivity contribution >= 4 is 17.1 Å². The Bertz CT molecular complexity index is 958. The zero-order valence-corrected chi connectivity index (χ0v) is 13.4. The summed E-state index contributed by atoms with van der Waals surface area (Å²) in [5, 5.41) is 24.1. The lowest BCUT2D eigenvalue weighted by Crippen LogP contribution is -2.36. The molecule has 0 aliphatic carbocycles. The van der Waals surface area contributed by atoms with E-state index in [1.54, 1.807) is 12.1 Å². The van der Waals surface area contributed by atoms with Gasteiger partial charge in [0.2, 0.25) is 5.88 Å². The molecule has 3 heterocycles. The maximum Gasteiger partial charge on any atom is 0.281 e. The monoisotopic (exact) mass is 358 g/mol. The van der Waals surface area contributed by atoms with Crippen molar-refractivity contribution in [1.29, 1.82) is 0 Å². The van der Waals surface area contributed by atoms with Crippen LogP contribution in [-0.4, -0.2) is 20.5 Å². The topological polar surface area (TPSA) is 128 Å². The van der Waals surface area contributed by atoms with Crippen LogP contribution in [0.5, 0.6) is 0 Å². The highest BCUT2D eigenvalue weighted by molar-refractivity contribution is 5.82. The number of hydrogen-bond donors (Lipinski definition) is 1. The van der Waals surface area contributed by atoms with Crippen molar-refractivity contribution in [2.24, 2.45) is 0 Å². The van der Waals surface area contributed by atoms with Gasteiger partial charge < -0.3 is 10.6 Å². The summed E-state index contributed by atoms with van der Waals surface area (Å²) in [6, 6.07) is 7.42. The average molecular weight is 358 g/mol. The van der Waals surface area contributed by atoms with Gasteiger partial charge in [-0.2, -0.15) is 0 Å². The summed E-state index contributed by atoms with van der Waals surface area (Å²) in [5.41, 5.74) is 5.12. The van der Waals surface area contributed by atoms with Crippen molar-refractivity contribution in [3.05, 3.63) is 81.4 Å². The van der Waals surface area contributed by atoms with Crippen molar-refractivity contribution in [3.63, 3.8) is 0 Å². The predicted molar refractivity (Wildman–Crippen MR) is 90.7 cm³/mol. The van der Waals surface area contributed by atoms with Crippen LogP contribution in [0.4, 0.5) is 15.8 Å². The van der Waals surface area contributed by atoms with Gasteiger partial charge in [0.15, 0.2) is 0 Å². The third kappa shape index (κ3) is 2.44. The molecule has 0 saturated heterocycles.